The van der Waals surface area contributed by atoms with E-state index in [0.717, 1.165) is 22.7 Å². The summed E-state index contributed by atoms with van der Waals surface area (Å²) in [6.45, 7) is 8.71. The fourth-order valence-electron chi connectivity index (χ4n) is 7.84. The summed E-state index contributed by atoms with van der Waals surface area (Å²) in [5.41, 5.74) is 12.0. The first-order valence-corrected chi connectivity index (χ1v) is 18.0. The van der Waals surface area contributed by atoms with Crippen molar-refractivity contribution in [2.45, 2.75) is 33.1 Å². The van der Waals surface area contributed by atoms with Crippen LogP contribution in [0.15, 0.2) is 182 Å². The maximum Gasteiger partial charge on any atom is 0.0540 e. The Morgan fingerprint density at radius 1 is 0.353 bits per heavy atom. The zero-order valence-electron chi connectivity index (χ0n) is 29.7. The van der Waals surface area contributed by atoms with Gasteiger partial charge in [-0.25, -0.2) is 0 Å². The van der Waals surface area contributed by atoms with Crippen LogP contribution in [0.25, 0.3) is 32.7 Å². The number of para-hydroxylation sites is 2. The molecule has 0 saturated carbocycles. The van der Waals surface area contributed by atoms with Gasteiger partial charge < -0.3 is 9.80 Å². The van der Waals surface area contributed by atoms with Gasteiger partial charge in [-0.2, -0.15) is 0 Å². The van der Waals surface area contributed by atoms with Gasteiger partial charge in [0.15, 0.2) is 0 Å². The van der Waals surface area contributed by atoms with E-state index in [1.54, 1.807) is 0 Å². The first-order valence-electron chi connectivity index (χ1n) is 18.0. The molecular weight excluding hydrogens is 617 g/mol. The molecule has 0 aromatic heterocycles. The molecule has 2 nitrogen and oxygen atoms in total. The van der Waals surface area contributed by atoms with Crippen molar-refractivity contribution in [2.75, 3.05) is 9.80 Å². The smallest absolute Gasteiger partial charge is 0.0540 e. The number of nitrogens with zero attached hydrogens (tertiary/aromatic N) is 2. The quantitative estimate of drug-likeness (QED) is 0.175. The number of fused-ring (bicyclic) bond motifs is 5. The van der Waals surface area contributed by atoms with Crippen LogP contribution in [-0.4, -0.2) is 0 Å². The highest BCUT2D eigenvalue weighted by molar-refractivity contribution is 6.01. The van der Waals surface area contributed by atoms with Gasteiger partial charge in [0, 0.05) is 38.9 Å². The predicted octanol–water partition coefficient (Wildman–Crippen LogP) is 14.3. The number of anilines is 6. The van der Waals surface area contributed by atoms with Crippen molar-refractivity contribution in [1.82, 2.24) is 0 Å². The van der Waals surface area contributed by atoms with Gasteiger partial charge in [-0.3, -0.25) is 0 Å². The molecule has 0 radical (unpaired) electrons. The molecule has 0 unspecified atom stereocenters. The number of hydrogen-bond acceptors (Lipinski definition) is 2. The normalized spacial score (nSPS) is 12.5. The van der Waals surface area contributed by atoms with E-state index in [2.05, 4.69) is 206 Å². The zero-order valence-corrected chi connectivity index (χ0v) is 29.7. The minimum atomic E-state index is -0.129. The van der Waals surface area contributed by atoms with Crippen molar-refractivity contribution in [2.24, 2.45) is 0 Å². The van der Waals surface area contributed by atoms with Crippen molar-refractivity contribution < 1.29 is 0 Å². The second-order valence-corrected chi connectivity index (χ2v) is 13.4. The Balaban J connectivity index is 0.00000184. The Morgan fingerprint density at radius 3 is 1.16 bits per heavy atom. The van der Waals surface area contributed by atoms with Gasteiger partial charge in [0.1, 0.15) is 0 Å². The molecule has 0 atom stereocenters. The van der Waals surface area contributed by atoms with Crippen LogP contribution in [0.4, 0.5) is 34.1 Å². The van der Waals surface area contributed by atoms with Crippen molar-refractivity contribution in [1.29, 1.82) is 0 Å². The minimum absolute atomic E-state index is 0.129. The molecule has 0 fully saturated rings. The summed E-state index contributed by atoms with van der Waals surface area (Å²) in [6.07, 6.45) is 0. The summed E-state index contributed by atoms with van der Waals surface area (Å²) in [5.74, 6) is 0. The molecule has 51 heavy (non-hydrogen) atoms. The summed E-state index contributed by atoms with van der Waals surface area (Å²) in [4.78, 5) is 4.81. The maximum atomic E-state index is 2.41. The van der Waals surface area contributed by atoms with Crippen molar-refractivity contribution >= 4 is 55.7 Å². The summed E-state index contributed by atoms with van der Waals surface area (Å²) in [5, 5.41) is 4.91. The molecule has 1 aliphatic rings. The first kappa shape index (κ1) is 32.1. The highest BCUT2D eigenvalue weighted by Crippen LogP contribution is 2.53. The van der Waals surface area contributed by atoms with Gasteiger partial charge in [0.25, 0.3) is 0 Å². The first-order chi connectivity index (χ1) is 25.1. The predicted molar refractivity (Wildman–Crippen MR) is 220 cm³/mol. The molecule has 8 aromatic carbocycles. The molecule has 0 saturated heterocycles. The van der Waals surface area contributed by atoms with Gasteiger partial charge >= 0.3 is 0 Å². The number of hydrogen-bond donors (Lipinski definition) is 0. The molecule has 1 aliphatic carbocycles. The molecule has 2 heteroatoms. The molecule has 0 bridgehead atoms. The second-order valence-electron chi connectivity index (χ2n) is 13.4. The van der Waals surface area contributed by atoms with Gasteiger partial charge in [-0.05, 0) is 93.7 Å². The largest absolute Gasteiger partial charge is 0.310 e. The Bertz CT molecular complexity index is 2300. The fraction of sp³-hybridized carbons (Fsp3) is 0.102. The van der Waals surface area contributed by atoms with E-state index in [9.17, 15) is 0 Å². The SMILES string of the molecule is CC.CC1(C)c2ccc(N(c3ccccc3)c3cccc4ccccc34)cc2-c2cc(N(c3ccccc3)c3cccc4ccccc34)ccc21. The van der Waals surface area contributed by atoms with Crippen LogP contribution in [0.1, 0.15) is 38.8 Å². The molecule has 9 rings (SSSR count). The molecule has 0 spiro atoms. The van der Waals surface area contributed by atoms with Gasteiger partial charge in [-0.15, -0.1) is 0 Å². The molecule has 0 heterocycles. The third-order valence-electron chi connectivity index (χ3n) is 10.2. The van der Waals surface area contributed by atoms with Gasteiger partial charge in [-0.1, -0.05) is 149 Å². The monoisotopic (exact) mass is 658 g/mol. The fourth-order valence-corrected chi connectivity index (χ4v) is 7.84. The van der Waals surface area contributed by atoms with Crippen LogP contribution >= 0.6 is 0 Å². The Labute approximate surface area is 301 Å². The van der Waals surface area contributed by atoms with Crippen LogP contribution in [0.3, 0.4) is 0 Å². The van der Waals surface area contributed by atoms with Crippen LogP contribution in [-0.2, 0) is 5.41 Å². The van der Waals surface area contributed by atoms with Crippen LogP contribution < -0.4 is 9.80 Å². The maximum absolute atomic E-state index is 2.41. The average Bonchev–Trinajstić information content (AvgIpc) is 3.42. The average molecular weight is 659 g/mol. The molecule has 0 N–H and O–H groups in total. The van der Waals surface area contributed by atoms with Crippen LogP contribution in [0, 0.1) is 0 Å². The van der Waals surface area contributed by atoms with Crippen molar-refractivity contribution in [3.63, 3.8) is 0 Å². The molecule has 248 valence electrons. The lowest BCUT2D eigenvalue weighted by atomic mass is 9.82. The van der Waals surface area contributed by atoms with Crippen molar-refractivity contribution in [3.05, 3.63) is 193 Å². The van der Waals surface area contributed by atoms with Crippen molar-refractivity contribution in [3.8, 4) is 11.1 Å². The highest BCUT2D eigenvalue weighted by atomic mass is 15.1. The lowest BCUT2D eigenvalue weighted by molar-refractivity contribution is 0.660. The van der Waals surface area contributed by atoms with Gasteiger partial charge in [0.2, 0.25) is 0 Å². The third-order valence-corrected chi connectivity index (χ3v) is 10.2. The summed E-state index contributed by atoms with van der Waals surface area (Å²) in [6, 6.07) is 66.1. The molecule has 0 amide bonds. The van der Waals surface area contributed by atoms with E-state index in [0.29, 0.717) is 0 Å². The summed E-state index contributed by atoms with van der Waals surface area (Å²) in [7, 11) is 0. The van der Waals surface area contributed by atoms with E-state index < -0.39 is 0 Å². The molecule has 8 aromatic rings. The number of benzene rings is 8. The van der Waals surface area contributed by atoms with E-state index in [-0.39, 0.29) is 5.41 Å². The Morgan fingerprint density at radius 2 is 0.725 bits per heavy atom. The molecular formula is C49H42N2. The lowest BCUT2D eigenvalue weighted by Crippen LogP contribution is -2.16. The molecule has 0 aliphatic heterocycles. The summed E-state index contributed by atoms with van der Waals surface area (Å²) >= 11 is 0. The third kappa shape index (κ3) is 5.54. The topological polar surface area (TPSA) is 6.48 Å². The highest BCUT2D eigenvalue weighted by Gasteiger charge is 2.36. The van der Waals surface area contributed by atoms with Crippen LogP contribution in [0.2, 0.25) is 0 Å². The second kappa shape index (κ2) is 13.3. The van der Waals surface area contributed by atoms with E-state index >= 15 is 0 Å². The summed E-state index contributed by atoms with van der Waals surface area (Å²) < 4.78 is 0. The Hall–Kier alpha value is -6.12. The Kier molecular flexibility index (Phi) is 8.37. The lowest BCUT2D eigenvalue weighted by Gasteiger charge is -2.28. The minimum Gasteiger partial charge on any atom is -0.310 e. The standard InChI is InChI=1S/C47H36N2.C2H6/c1-47(2)43-29-27-37(48(35-19-5-3-6-20-35)45-25-13-17-33-15-9-11-23-39(33)45)31-41(43)42-32-38(28-30-44(42)47)49(36-21-7-4-8-22-36)46-26-14-18-34-16-10-12-24-40(34)46;1-2/h3-32H,1-2H3;1-2H3. The van der Waals surface area contributed by atoms with Gasteiger partial charge in [0.05, 0.1) is 11.4 Å². The van der Waals surface area contributed by atoms with Crippen LogP contribution in [0.5, 0.6) is 0 Å². The van der Waals surface area contributed by atoms with E-state index in [1.165, 1.54) is 55.2 Å². The number of rotatable bonds is 6. The van der Waals surface area contributed by atoms with E-state index in [1.807, 2.05) is 13.8 Å². The zero-order chi connectivity index (χ0) is 35.0. The van der Waals surface area contributed by atoms with E-state index in [4.69, 9.17) is 0 Å².